The number of ether oxygens (including phenoxy) is 3. The van der Waals surface area contributed by atoms with Crippen LogP contribution in [0.1, 0.15) is 11.6 Å². The molecule has 0 radical (unpaired) electrons. The van der Waals surface area contributed by atoms with Gasteiger partial charge in [-0.25, -0.2) is 4.39 Å². The van der Waals surface area contributed by atoms with E-state index in [0.29, 0.717) is 17.2 Å². The molecule has 21 heavy (non-hydrogen) atoms. The summed E-state index contributed by atoms with van der Waals surface area (Å²) in [5.74, 6) is 1.35. The highest BCUT2D eigenvalue weighted by Gasteiger charge is 2.14. The largest absolute Gasteiger partial charge is 0.493 e. The number of hydrogen-bond donors (Lipinski definition) is 1. The third kappa shape index (κ3) is 3.64. The van der Waals surface area contributed by atoms with Crippen LogP contribution in [0.25, 0.3) is 0 Å². The summed E-state index contributed by atoms with van der Waals surface area (Å²) in [6, 6.07) is 11.0. The van der Waals surface area contributed by atoms with Gasteiger partial charge < -0.3 is 19.9 Å². The monoisotopic (exact) mass is 291 g/mol. The number of halogens is 1. The van der Waals surface area contributed by atoms with E-state index in [9.17, 15) is 4.39 Å². The molecular formula is C16H18FNO3. The van der Waals surface area contributed by atoms with Crippen LogP contribution in [0.2, 0.25) is 0 Å². The molecule has 0 aliphatic carbocycles. The lowest BCUT2D eigenvalue weighted by Gasteiger charge is -2.17. The van der Waals surface area contributed by atoms with Crippen LogP contribution >= 0.6 is 0 Å². The second-order valence-corrected chi connectivity index (χ2v) is 4.46. The van der Waals surface area contributed by atoms with Crippen molar-refractivity contribution in [1.29, 1.82) is 0 Å². The molecule has 0 spiro atoms. The predicted octanol–water partition coefficient (Wildman–Crippen LogP) is 2.92. The van der Waals surface area contributed by atoms with Gasteiger partial charge in [0.15, 0.2) is 11.5 Å². The molecule has 0 amide bonds. The van der Waals surface area contributed by atoms with Crippen LogP contribution in [0, 0.1) is 5.82 Å². The summed E-state index contributed by atoms with van der Waals surface area (Å²) >= 11 is 0. The zero-order valence-corrected chi connectivity index (χ0v) is 12.0. The average Bonchev–Trinajstić information content (AvgIpc) is 2.52. The normalized spacial score (nSPS) is 11.8. The number of rotatable bonds is 6. The van der Waals surface area contributed by atoms with Gasteiger partial charge >= 0.3 is 0 Å². The molecule has 0 saturated heterocycles. The van der Waals surface area contributed by atoms with Crippen molar-refractivity contribution in [2.75, 3.05) is 20.8 Å². The molecule has 2 aromatic carbocycles. The van der Waals surface area contributed by atoms with Crippen LogP contribution in [-0.2, 0) is 0 Å². The van der Waals surface area contributed by atoms with E-state index in [1.54, 1.807) is 38.5 Å². The Hall–Kier alpha value is -2.27. The lowest BCUT2D eigenvalue weighted by molar-refractivity contribution is 0.257. The second-order valence-electron chi connectivity index (χ2n) is 4.46. The van der Waals surface area contributed by atoms with Gasteiger partial charge in [0.05, 0.1) is 20.3 Å². The van der Waals surface area contributed by atoms with Gasteiger partial charge in [-0.05, 0) is 29.8 Å². The molecule has 0 bridgehead atoms. The van der Waals surface area contributed by atoms with Crippen LogP contribution in [-0.4, -0.2) is 20.8 Å². The van der Waals surface area contributed by atoms with Gasteiger partial charge in [-0.3, -0.25) is 0 Å². The van der Waals surface area contributed by atoms with Gasteiger partial charge in [-0.15, -0.1) is 0 Å². The van der Waals surface area contributed by atoms with Crippen molar-refractivity contribution in [3.8, 4) is 17.2 Å². The Morgan fingerprint density at radius 2 is 1.57 bits per heavy atom. The van der Waals surface area contributed by atoms with Gasteiger partial charge in [-0.2, -0.15) is 0 Å². The Kier molecular flexibility index (Phi) is 5.00. The maximum Gasteiger partial charge on any atom is 0.203 e. The minimum Gasteiger partial charge on any atom is -0.493 e. The minimum absolute atomic E-state index is 0.225. The maximum absolute atomic E-state index is 12.9. The SMILES string of the molecule is COc1cccc(OC)c1OCC(N)c1ccc(F)cc1. The lowest BCUT2D eigenvalue weighted by Crippen LogP contribution is -2.19. The first-order valence-electron chi connectivity index (χ1n) is 6.50. The fourth-order valence-electron chi connectivity index (χ4n) is 1.94. The fraction of sp³-hybridized carbons (Fsp3) is 0.250. The van der Waals surface area contributed by atoms with Crippen LogP contribution in [0.3, 0.4) is 0 Å². The minimum atomic E-state index is -0.375. The van der Waals surface area contributed by atoms with Crippen molar-refractivity contribution in [3.63, 3.8) is 0 Å². The van der Waals surface area contributed by atoms with Gasteiger partial charge in [-0.1, -0.05) is 18.2 Å². The number of methoxy groups -OCH3 is 2. The molecule has 112 valence electrons. The van der Waals surface area contributed by atoms with Crippen molar-refractivity contribution in [1.82, 2.24) is 0 Å². The van der Waals surface area contributed by atoms with E-state index >= 15 is 0 Å². The summed E-state index contributed by atoms with van der Waals surface area (Å²) in [6.07, 6.45) is 0. The summed E-state index contributed by atoms with van der Waals surface area (Å²) in [6.45, 7) is 0.225. The summed E-state index contributed by atoms with van der Waals surface area (Å²) in [4.78, 5) is 0. The van der Waals surface area contributed by atoms with Crippen LogP contribution in [0.5, 0.6) is 17.2 Å². The molecule has 5 heteroatoms. The second kappa shape index (κ2) is 6.95. The molecule has 1 atom stereocenters. The van der Waals surface area contributed by atoms with Crippen molar-refractivity contribution in [3.05, 3.63) is 53.8 Å². The first-order chi connectivity index (χ1) is 10.2. The van der Waals surface area contributed by atoms with Crippen LogP contribution in [0.4, 0.5) is 4.39 Å². The van der Waals surface area contributed by atoms with E-state index in [1.165, 1.54) is 12.1 Å². The number of benzene rings is 2. The van der Waals surface area contributed by atoms with E-state index in [1.807, 2.05) is 6.07 Å². The topological polar surface area (TPSA) is 53.7 Å². The van der Waals surface area contributed by atoms with Gasteiger partial charge in [0.1, 0.15) is 12.4 Å². The number of hydrogen-bond acceptors (Lipinski definition) is 4. The zero-order valence-electron chi connectivity index (χ0n) is 12.0. The molecule has 0 aliphatic rings. The van der Waals surface area contributed by atoms with E-state index < -0.39 is 0 Å². The van der Waals surface area contributed by atoms with E-state index in [4.69, 9.17) is 19.9 Å². The molecule has 0 aliphatic heterocycles. The summed E-state index contributed by atoms with van der Waals surface area (Å²) in [5.41, 5.74) is 6.84. The third-order valence-electron chi connectivity index (χ3n) is 3.09. The van der Waals surface area contributed by atoms with Gasteiger partial charge in [0, 0.05) is 0 Å². The zero-order chi connectivity index (χ0) is 15.2. The Bertz CT molecular complexity index is 564. The average molecular weight is 291 g/mol. The fourth-order valence-corrected chi connectivity index (χ4v) is 1.94. The molecule has 0 aromatic heterocycles. The molecular weight excluding hydrogens is 273 g/mol. The standard InChI is InChI=1S/C16H18FNO3/c1-19-14-4-3-5-15(20-2)16(14)21-10-13(18)11-6-8-12(17)9-7-11/h3-9,13H,10,18H2,1-2H3. The summed E-state index contributed by atoms with van der Waals surface area (Å²) in [5, 5.41) is 0. The Labute approximate surface area is 123 Å². The Morgan fingerprint density at radius 1 is 1.00 bits per heavy atom. The molecule has 0 fully saturated rings. The predicted molar refractivity (Wildman–Crippen MR) is 78.4 cm³/mol. The smallest absolute Gasteiger partial charge is 0.203 e. The lowest BCUT2D eigenvalue weighted by atomic mass is 10.1. The van der Waals surface area contributed by atoms with Crippen LogP contribution in [0.15, 0.2) is 42.5 Å². The molecule has 4 nitrogen and oxygen atoms in total. The van der Waals surface area contributed by atoms with E-state index in [-0.39, 0.29) is 18.5 Å². The highest BCUT2D eigenvalue weighted by molar-refractivity contribution is 5.51. The highest BCUT2D eigenvalue weighted by atomic mass is 19.1. The molecule has 2 aromatic rings. The van der Waals surface area contributed by atoms with Crippen molar-refractivity contribution < 1.29 is 18.6 Å². The maximum atomic E-state index is 12.9. The number of nitrogens with two attached hydrogens (primary N) is 1. The highest BCUT2D eigenvalue weighted by Crippen LogP contribution is 2.37. The van der Waals surface area contributed by atoms with Crippen LogP contribution < -0.4 is 19.9 Å². The van der Waals surface area contributed by atoms with E-state index in [2.05, 4.69) is 0 Å². The van der Waals surface area contributed by atoms with Crippen molar-refractivity contribution in [2.45, 2.75) is 6.04 Å². The summed E-state index contributed by atoms with van der Waals surface area (Å²) in [7, 11) is 3.11. The summed E-state index contributed by atoms with van der Waals surface area (Å²) < 4.78 is 29.1. The molecule has 2 rings (SSSR count). The van der Waals surface area contributed by atoms with Gasteiger partial charge in [0.25, 0.3) is 0 Å². The first kappa shape index (κ1) is 15.1. The van der Waals surface area contributed by atoms with Crippen molar-refractivity contribution in [2.24, 2.45) is 5.73 Å². The number of para-hydroxylation sites is 1. The molecule has 1 unspecified atom stereocenters. The molecule has 0 saturated carbocycles. The quantitative estimate of drug-likeness (QED) is 0.889. The third-order valence-corrected chi connectivity index (χ3v) is 3.09. The first-order valence-corrected chi connectivity index (χ1v) is 6.50. The van der Waals surface area contributed by atoms with E-state index in [0.717, 1.165) is 5.56 Å². The van der Waals surface area contributed by atoms with Gasteiger partial charge in [0.2, 0.25) is 5.75 Å². The molecule has 2 N–H and O–H groups in total. The Balaban J connectivity index is 2.10. The Morgan fingerprint density at radius 3 is 2.10 bits per heavy atom. The van der Waals surface area contributed by atoms with Crippen molar-refractivity contribution >= 4 is 0 Å². The molecule has 0 heterocycles.